The van der Waals surface area contributed by atoms with Gasteiger partial charge in [-0.05, 0) is 43.0 Å². The normalized spacial score (nSPS) is 19.2. The molecule has 0 aromatic heterocycles. The van der Waals surface area contributed by atoms with Crippen LogP contribution in [-0.2, 0) is 6.54 Å². The molecule has 134 valence electrons. The van der Waals surface area contributed by atoms with Crippen molar-refractivity contribution in [1.29, 1.82) is 0 Å². The van der Waals surface area contributed by atoms with E-state index < -0.39 is 0 Å². The molecule has 0 aliphatic carbocycles. The van der Waals surface area contributed by atoms with Gasteiger partial charge in [-0.15, -0.1) is 0 Å². The number of nitrogens with zero attached hydrogens (tertiary/aromatic N) is 1. The van der Waals surface area contributed by atoms with Crippen LogP contribution in [0.4, 0.5) is 0 Å². The van der Waals surface area contributed by atoms with Gasteiger partial charge in [0.25, 0.3) is 5.91 Å². The minimum absolute atomic E-state index is 0.0302. The quantitative estimate of drug-likeness (QED) is 0.783. The fraction of sp³-hybridized carbons (Fsp3) is 0.650. The van der Waals surface area contributed by atoms with Crippen molar-refractivity contribution in [3.63, 3.8) is 0 Å². The summed E-state index contributed by atoms with van der Waals surface area (Å²) in [6.45, 7) is 13.0. The fourth-order valence-corrected chi connectivity index (χ4v) is 3.89. The van der Waals surface area contributed by atoms with E-state index in [-0.39, 0.29) is 10.7 Å². The SMILES string of the molecule is C[C@H]1CCCN(Cc2ccc(C(=O)NCCSC(C)(C)C)cc2)C1. The largest absolute Gasteiger partial charge is 0.351 e. The van der Waals surface area contributed by atoms with Crippen LogP contribution in [0.5, 0.6) is 0 Å². The van der Waals surface area contributed by atoms with Gasteiger partial charge in [0.1, 0.15) is 0 Å². The molecule has 1 aliphatic heterocycles. The van der Waals surface area contributed by atoms with Crippen LogP contribution >= 0.6 is 11.8 Å². The molecule has 3 nitrogen and oxygen atoms in total. The molecule has 1 aliphatic rings. The Morgan fingerprint density at radius 3 is 2.62 bits per heavy atom. The van der Waals surface area contributed by atoms with Crippen LogP contribution in [0.3, 0.4) is 0 Å². The van der Waals surface area contributed by atoms with Crippen LogP contribution < -0.4 is 5.32 Å². The second kappa shape index (κ2) is 8.91. The van der Waals surface area contributed by atoms with Gasteiger partial charge in [0.15, 0.2) is 0 Å². The summed E-state index contributed by atoms with van der Waals surface area (Å²) in [4.78, 5) is 14.7. The summed E-state index contributed by atoms with van der Waals surface area (Å²) in [5, 5.41) is 3.01. The molecule has 1 fully saturated rings. The molecule has 2 rings (SSSR count). The zero-order valence-electron chi connectivity index (χ0n) is 15.6. The minimum Gasteiger partial charge on any atom is -0.351 e. The Balaban J connectivity index is 1.77. The lowest BCUT2D eigenvalue weighted by Crippen LogP contribution is -2.33. The number of hydrogen-bond acceptors (Lipinski definition) is 3. The van der Waals surface area contributed by atoms with Gasteiger partial charge in [0.2, 0.25) is 0 Å². The third-order valence-corrected chi connectivity index (χ3v) is 5.56. The lowest BCUT2D eigenvalue weighted by Gasteiger charge is -2.30. The van der Waals surface area contributed by atoms with Crippen molar-refractivity contribution in [2.75, 3.05) is 25.4 Å². The second-order valence-electron chi connectivity index (χ2n) is 7.90. The summed E-state index contributed by atoms with van der Waals surface area (Å²) in [5.41, 5.74) is 2.05. The molecule has 1 atom stereocenters. The van der Waals surface area contributed by atoms with Gasteiger partial charge in [-0.2, -0.15) is 11.8 Å². The summed E-state index contributed by atoms with van der Waals surface area (Å²) in [7, 11) is 0. The first-order valence-corrected chi connectivity index (χ1v) is 10.1. The van der Waals surface area contributed by atoms with Crippen molar-refractivity contribution in [2.24, 2.45) is 5.92 Å². The monoisotopic (exact) mass is 348 g/mol. The molecule has 4 heteroatoms. The number of hydrogen-bond donors (Lipinski definition) is 1. The molecule has 0 unspecified atom stereocenters. The lowest BCUT2D eigenvalue weighted by molar-refractivity contribution is 0.0956. The molecule has 1 aromatic carbocycles. The maximum atomic E-state index is 12.2. The van der Waals surface area contributed by atoms with E-state index in [1.165, 1.54) is 31.5 Å². The average Bonchev–Trinajstić information content (AvgIpc) is 2.51. The van der Waals surface area contributed by atoms with Gasteiger partial charge in [0, 0.05) is 35.7 Å². The van der Waals surface area contributed by atoms with Crippen LogP contribution in [0.2, 0.25) is 0 Å². The van der Waals surface area contributed by atoms with E-state index in [0.717, 1.165) is 23.8 Å². The number of piperidine rings is 1. The zero-order valence-corrected chi connectivity index (χ0v) is 16.4. The molecule has 1 amide bonds. The van der Waals surface area contributed by atoms with Crippen LogP contribution in [0, 0.1) is 5.92 Å². The van der Waals surface area contributed by atoms with E-state index >= 15 is 0 Å². The summed E-state index contributed by atoms with van der Waals surface area (Å²) in [6, 6.07) is 8.10. The van der Waals surface area contributed by atoms with Crippen molar-refractivity contribution in [2.45, 2.75) is 51.8 Å². The molecule has 1 heterocycles. The summed E-state index contributed by atoms with van der Waals surface area (Å²) >= 11 is 1.87. The van der Waals surface area contributed by atoms with Crippen molar-refractivity contribution < 1.29 is 4.79 Å². The van der Waals surface area contributed by atoms with Gasteiger partial charge < -0.3 is 5.32 Å². The summed E-state index contributed by atoms with van der Waals surface area (Å²) in [5.74, 6) is 1.78. The number of benzene rings is 1. The Morgan fingerprint density at radius 2 is 2.00 bits per heavy atom. The number of rotatable bonds is 6. The molecule has 1 N–H and O–H groups in total. The molecular weight excluding hydrogens is 316 g/mol. The minimum atomic E-state index is 0.0302. The zero-order chi connectivity index (χ0) is 17.6. The maximum absolute atomic E-state index is 12.2. The van der Waals surface area contributed by atoms with Crippen molar-refractivity contribution >= 4 is 17.7 Å². The van der Waals surface area contributed by atoms with Gasteiger partial charge in [-0.3, -0.25) is 9.69 Å². The number of amides is 1. The molecule has 1 aromatic rings. The first kappa shape index (κ1) is 19.3. The number of nitrogens with one attached hydrogen (secondary N) is 1. The Hall–Kier alpha value is -1.00. The highest BCUT2D eigenvalue weighted by atomic mass is 32.2. The predicted molar refractivity (Wildman–Crippen MR) is 105 cm³/mol. The Morgan fingerprint density at radius 1 is 1.29 bits per heavy atom. The highest BCUT2D eigenvalue weighted by Gasteiger charge is 2.16. The number of likely N-dealkylation sites (tertiary alicyclic amines) is 1. The third-order valence-electron chi connectivity index (χ3n) is 4.29. The highest BCUT2D eigenvalue weighted by molar-refractivity contribution is 8.00. The van der Waals surface area contributed by atoms with Gasteiger partial charge in [0.05, 0.1) is 0 Å². The van der Waals surface area contributed by atoms with Crippen LogP contribution in [0.25, 0.3) is 0 Å². The van der Waals surface area contributed by atoms with Crippen LogP contribution in [0.15, 0.2) is 24.3 Å². The third kappa shape index (κ3) is 6.86. The van der Waals surface area contributed by atoms with E-state index in [9.17, 15) is 4.79 Å². The molecule has 0 saturated carbocycles. The van der Waals surface area contributed by atoms with E-state index in [4.69, 9.17) is 0 Å². The van der Waals surface area contributed by atoms with E-state index in [0.29, 0.717) is 6.54 Å². The molecule has 0 radical (unpaired) electrons. The number of thioether (sulfide) groups is 1. The second-order valence-corrected chi connectivity index (χ2v) is 9.82. The topological polar surface area (TPSA) is 32.3 Å². The van der Waals surface area contributed by atoms with Crippen molar-refractivity contribution in [3.05, 3.63) is 35.4 Å². The number of carbonyl (C=O) groups is 1. The van der Waals surface area contributed by atoms with Gasteiger partial charge in [-0.25, -0.2) is 0 Å². The highest BCUT2D eigenvalue weighted by Crippen LogP contribution is 2.22. The Bertz CT molecular complexity index is 521. The maximum Gasteiger partial charge on any atom is 0.251 e. The standard InChI is InChI=1S/C20H32N2OS/c1-16-6-5-12-22(14-16)15-17-7-9-18(10-8-17)19(23)21-11-13-24-20(2,3)4/h7-10,16H,5-6,11-15H2,1-4H3,(H,21,23)/t16-/m0/s1. The first-order valence-electron chi connectivity index (χ1n) is 9.07. The van der Waals surface area contributed by atoms with Crippen LogP contribution in [-0.4, -0.2) is 40.9 Å². The van der Waals surface area contributed by atoms with Gasteiger partial charge >= 0.3 is 0 Å². The van der Waals surface area contributed by atoms with Crippen LogP contribution in [0.1, 0.15) is 56.5 Å². The molecular formula is C20H32N2OS. The van der Waals surface area contributed by atoms with Gasteiger partial charge in [-0.1, -0.05) is 39.8 Å². The molecule has 24 heavy (non-hydrogen) atoms. The molecule has 0 spiro atoms. The number of carbonyl (C=O) groups excluding carboxylic acids is 1. The summed E-state index contributed by atoms with van der Waals surface area (Å²) < 4.78 is 0.248. The Labute approximate surface area is 151 Å². The predicted octanol–water partition coefficient (Wildman–Crippen LogP) is 4.18. The smallest absolute Gasteiger partial charge is 0.251 e. The van der Waals surface area contributed by atoms with Crippen molar-refractivity contribution in [3.8, 4) is 0 Å². The molecule has 1 saturated heterocycles. The lowest BCUT2D eigenvalue weighted by atomic mass is 9.99. The molecule has 0 bridgehead atoms. The average molecular weight is 349 g/mol. The van der Waals surface area contributed by atoms with E-state index in [1.54, 1.807) is 0 Å². The summed E-state index contributed by atoms with van der Waals surface area (Å²) in [6.07, 6.45) is 2.65. The van der Waals surface area contributed by atoms with E-state index in [1.807, 2.05) is 23.9 Å². The van der Waals surface area contributed by atoms with E-state index in [2.05, 4.69) is 50.0 Å². The Kier molecular flexibility index (Phi) is 7.17. The van der Waals surface area contributed by atoms with Crippen molar-refractivity contribution in [1.82, 2.24) is 10.2 Å². The fourth-order valence-electron chi connectivity index (χ4n) is 3.07. The first-order chi connectivity index (χ1) is 11.3.